The first-order valence-electron chi connectivity index (χ1n) is 16.1. The molecule has 2 heterocycles. The molecule has 2 unspecified atom stereocenters. The Kier molecular flexibility index (Phi) is 8.68. The summed E-state index contributed by atoms with van der Waals surface area (Å²) in [5, 5.41) is 32.1. The molecule has 7 rings (SSSR count). The van der Waals surface area contributed by atoms with Gasteiger partial charge in [-0.15, -0.1) is 0 Å². The molecule has 1 saturated heterocycles. The number of aromatic amines is 1. The Morgan fingerprint density at radius 2 is 1.59 bits per heavy atom. The minimum absolute atomic E-state index is 0.0430. The van der Waals surface area contributed by atoms with Crippen LogP contribution in [0.2, 0.25) is 0 Å². The van der Waals surface area contributed by atoms with Crippen LogP contribution in [-0.2, 0) is 24.1 Å². The number of H-pyrrole nitrogens is 1. The highest BCUT2D eigenvalue weighted by Gasteiger charge is 2.68. The lowest BCUT2D eigenvalue weighted by atomic mass is 9.90. The Balaban J connectivity index is 1.32. The van der Waals surface area contributed by atoms with Gasteiger partial charge < -0.3 is 40.3 Å². The third-order valence-electron chi connectivity index (χ3n) is 9.72. The summed E-state index contributed by atoms with van der Waals surface area (Å²) < 4.78 is 16.9. The fraction of sp³-hybridized carbons (Fsp3) is 0.278. The van der Waals surface area contributed by atoms with Crippen LogP contribution in [0.4, 0.5) is 10.6 Å². The molecule has 4 aromatic carbocycles. The Bertz CT molecular complexity index is 2010. The second kappa shape index (κ2) is 13.0. The first-order valence-corrected chi connectivity index (χ1v) is 17.9. The number of urea groups is 1. The largest absolute Gasteiger partial charge is 0.481 e. The number of nitrogen functional groups attached to an aromatic ring is 1. The molecule has 1 saturated carbocycles. The maximum atomic E-state index is 15.2. The fourth-order valence-electron chi connectivity index (χ4n) is 7.25. The topological polar surface area (TPSA) is 185 Å². The molecule has 1 aliphatic carbocycles. The number of nitrogens with two attached hydrogens (primary N) is 1. The Labute approximate surface area is 282 Å². The van der Waals surface area contributed by atoms with E-state index < -0.39 is 37.7 Å². The molecule has 0 bridgehead atoms. The summed E-state index contributed by atoms with van der Waals surface area (Å²) >= 11 is 0. The summed E-state index contributed by atoms with van der Waals surface area (Å²) in [6, 6.07) is 30.4. The Morgan fingerprint density at radius 1 is 0.898 bits per heavy atom. The zero-order chi connectivity index (χ0) is 34.3. The molecular weight excluding hydrogens is 645 g/mol. The minimum Gasteiger partial charge on any atom is -0.481 e. The number of nitrogens with one attached hydrogen (secondary N) is 1. The molecule has 1 aliphatic heterocycles. The van der Waals surface area contributed by atoms with Crippen LogP contribution in [0.5, 0.6) is 5.75 Å². The minimum atomic E-state index is -4.43. The number of aliphatic hydroxyl groups is 2. The van der Waals surface area contributed by atoms with E-state index in [2.05, 4.69) is 10.2 Å². The zero-order valence-electron chi connectivity index (χ0n) is 26.5. The zero-order valence-corrected chi connectivity index (χ0v) is 27.4. The number of carbonyl (C=O) groups excluding carboxylic acids is 1. The summed E-state index contributed by atoms with van der Waals surface area (Å²) in [5.41, 5.74) is 8.99. The molecule has 1 aromatic heterocycles. The van der Waals surface area contributed by atoms with Crippen LogP contribution in [-0.4, -0.2) is 76.2 Å². The van der Waals surface area contributed by atoms with Gasteiger partial charge in [0.15, 0.2) is 12.2 Å². The van der Waals surface area contributed by atoms with Crippen molar-refractivity contribution in [3.8, 4) is 5.75 Å². The third-order valence-corrected chi connectivity index (χ3v) is 10.2. The van der Waals surface area contributed by atoms with Crippen LogP contribution in [0.15, 0.2) is 103 Å². The number of benzene rings is 4. The molecule has 2 amide bonds. The van der Waals surface area contributed by atoms with Gasteiger partial charge in [0, 0.05) is 24.4 Å². The van der Waals surface area contributed by atoms with E-state index in [1.807, 2.05) is 78.9 Å². The molecule has 254 valence electrons. The van der Waals surface area contributed by atoms with E-state index >= 15 is 4.79 Å². The van der Waals surface area contributed by atoms with Crippen LogP contribution in [0, 0.1) is 0 Å². The Morgan fingerprint density at radius 3 is 2.33 bits per heavy atom. The van der Waals surface area contributed by atoms with E-state index in [-0.39, 0.29) is 30.8 Å². The van der Waals surface area contributed by atoms with Gasteiger partial charge in [0.1, 0.15) is 18.0 Å². The van der Waals surface area contributed by atoms with Crippen molar-refractivity contribution in [3.63, 3.8) is 0 Å². The van der Waals surface area contributed by atoms with Gasteiger partial charge in [-0.25, -0.2) is 4.79 Å². The maximum Gasteiger partial charge on any atom is 0.362 e. The smallest absolute Gasteiger partial charge is 0.362 e. The Hall–Kier alpha value is -4.71. The molecule has 1 spiro atoms. The molecule has 12 nitrogen and oxygen atoms in total. The highest BCUT2D eigenvalue weighted by Crippen LogP contribution is 2.60. The predicted octanol–water partition coefficient (Wildman–Crippen LogP) is 4.36. The lowest BCUT2D eigenvalue weighted by molar-refractivity contribution is -0.0502. The number of rotatable bonds is 10. The number of carbonyl (C=O) groups is 1. The van der Waals surface area contributed by atoms with Crippen molar-refractivity contribution in [1.29, 1.82) is 0 Å². The molecule has 0 radical (unpaired) electrons. The lowest BCUT2D eigenvalue weighted by Gasteiger charge is -2.36. The maximum absolute atomic E-state index is 15.2. The van der Waals surface area contributed by atoms with E-state index in [1.54, 1.807) is 34.1 Å². The normalized spacial score (nSPS) is 24.0. The fourth-order valence-corrected chi connectivity index (χ4v) is 7.57. The number of hydrogen-bond donors (Lipinski definition) is 6. The summed E-state index contributed by atoms with van der Waals surface area (Å²) in [5.74, 6) is 0.314. The summed E-state index contributed by atoms with van der Waals surface area (Å²) in [6.07, 6.45) is -2.67. The van der Waals surface area contributed by atoms with E-state index in [9.17, 15) is 24.6 Å². The number of fused-ring (bicyclic) bond motifs is 1. The van der Waals surface area contributed by atoms with Crippen LogP contribution in [0.1, 0.15) is 34.6 Å². The standard InChI is InChI=1S/C36H38N5O7P/c37-34-28-17-25(14-15-30(28)38-39-34)20-40-31(18-23-8-3-1-4-9-23)32(42)33(43)36(19-29(36)26-11-5-2-6-12-26)41(35(40)44)21-24-10-7-13-27(16-24)48-22-49(45,46)47/h1-17,29,31-33,42-43H,18-22H2,(H3,37,38,39)(H2,45,46,47)/t29-,31-,32+,33?,36?/m1/s1. The van der Waals surface area contributed by atoms with Crippen LogP contribution in [0.25, 0.3) is 10.9 Å². The molecule has 5 aromatic rings. The van der Waals surface area contributed by atoms with Crippen molar-refractivity contribution in [3.05, 3.63) is 125 Å². The van der Waals surface area contributed by atoms with Crippen LogP contribution in [0.3, 0.4) is 0 Å². The van der Waals surface area contributed by atoms with Crippen molar-refractivity contribution >= 4 is 30.3 Å². The summed E-state index contributed by atoms with van der Waals surface area (Å²) in [7, 11) is -4.43. The molecule has 49 heavy (non-hydrogen) atoms. The van der Waals surface area contributed by atoms with Crippen molar-refractivity contribution in [1.82, 2.24) is 20.0 Å². The molecule has 2 fully saturated rings. The SMILES string of the molecule is Nc1n[nH]c2ccc(CN3C(=O)N(Cc4cccc(OCP(=O)(O)O)c4)C4(C[C@@H]4c4ccccc4)C(O)[C@@H](O)[C@H]3Cc3ccccc3)cc12. The third kappa shape index (κ3) is 6.53. The van der Waals surface area contributed by atoms with Crippen molar-refractivity contribution in [2.24, 2.45) is 0 Å². The number of amides is 2. The number of hydrogen-bond acceptors (Lipinski definition) is 7. The van der Waals surface area contributed by atoms with E-state index in [0.29, 0.717) is 29.6 Å². The number of ether oxygens (including phenoxy) is 1. The molecule has 5 atom stereocenters. The van der Waals surface area contributed by atoms with Crippen LogP contribution < -0.4 is 10.5 Å². The second-order valence-corrected chi connectivity index (χ2v) is 14.5. The van der Waals surface area contributed by atoms with Gasteiger partial charge in [-0.05, 0) is 59.4 Å². The first kappa shape index (κ1) is 32.8. The number of aromatic nitrogens is 2. The number of anilines is 1. The second-order valence-electron chi connectivity index (χ2n) is 12.9. The van der Waals surface area contributed by atoms with Gasteiger partial charge in [0.2, 0.25) is 0 Å². The van der Waals surface area contributed by atoms with Crippen LogP contribution >= 0.6 is 7.60 Å². The van der Waals surface area contributed by atoms with Gasteiger partial charge in [-0.2, -0.15) is 5.10 Å². The van der Waals surface area contributed by atoms with Gasteiger partial charge >= 0.3 is 13.6 Å². The van der Waals surface area contributed by atoms with Crippen molar-refractivity contribution < 1.29 is 34.1 Å². The first-order chi connectivity index (χ1) is 23.5. The molecule has 2 aliphatic rings. The van der Waals surface area contributed by atoms with E-state index in [4.69, 9.17) is 10.5 Å². The van der Waals surface area contributed by atoms with E-state index in [0.717, 1.165) is 22.2 Å². The average molecular weight is 684 g/mol. The van der Waals surface area contributed by atoms with Gasteiger partial charge in [-0.3, -0.25) is 9.66 Å². The predicted molar refractivity (Wildman–Crippen MR) is 183 cm³/mol. The van der Waals surface area contributed by atoms with Gasteiger partial charge in [0.25, 0.3) is 0 Å². The molecule has 13 heteroatoms. The van der Waals surface area contributed by atoms with Crippen molar-refractivity contribution in [2.75, 3.05) is 12.1 Å². The highest BCUT2D eigenvalue weighted by molar-refractivity contribution is 7.51. The van der Waals surface area contributed by atoms with Gasteiger partial charge in [-0.1, -0.05) is 78.9 Å². The molecule has 7 N–H and O–H groups in total. The number of aliphatic hydroxyl groups excluding tert-OH is 2. The average Bonchev–Trinajstić information content (AvgIpc) is 3.77. The number of nitrogens with zero attached hydrogens (tertiary/aromatic N) is 3. The monoisotopic (exact) mass is 683 g/mol. The van der Waals surface area contributed by atoms with E-state index in [1.165, 1.54) is 0 Å². The van der Waals surface area contributed by atoms with Gasteiger partial charge in [0.05, 0.1) is 17.1 Å². The molecular formula is C36H38N5O7P. The van der Waals surface area contributed by atoms with Crippen molar-refractivity contribution in [2.45, 2.75) is 55.6 Å². The highest BCUT2D eigenvalue weighted by atomic mass is 31.2. The summed E-state index contributed by atoms with van der Waals surface area (Å²) in [4.78, 5) is 37.2. The quantitative estimate of drug-likeness (QED) is 0.116. The summed E-state index contributed by atoms with van der Waals surface area (Å²) in [6.45, 7) is 0.163. The lowest BCUT2D eigenvalue weighted by Crippen LogP contribution is -2.52.